The van der Waals surface area contributed by atoms with Crippen LogP contribution in [0.5, 0.6) is 5.75 Å². The summed E-state index contributed by atoms with van der Waals surface area (Å²) < 4.78 is 6.21. The van der Waals surface area contributed by atoms with Crippen molar-refractivity contribution in [2.24, 2.45) is 0 Å². The Balaban J connectivity index is 2.45. The fourth-order valence-corrected chi connectivity index (χ4v) is 3.20. The molecular formula is C17H11Br2ClO3. The van der Waals surface area contributed by atoms with Crippen LogP contribution in [-0.2, 0) is 0 Å². The first-order valence-electron chi connectivity index (χ1n) is 6.42. The Morgan fingerprint density at radius 1 is 1.09 bits per heavy atom. The second-order valence-corrected chi connectivity index (χ2v) is 6.58. The van der Waals surface area contributed by atoms with E-state index in [9.17, 15) is 9.59 Å². The zero-order valence-corrected chi connectivity index (χ0v) is 16.0. The van der Waals surface area contributed by atoms with E-state index in [1.54, 1.807) is 43.5 Å². The molecule has 0 heterocycles. The molecule has 0 radical (unpaired) electrons. The quantitative estimate of drug-likeness (QED) is 0.338. The maximum atomic E-state index is 12.6. The molecule has 0 fully saturated rings. The van der Waals surface area contributed by atoms with Crippen molar-refractivity contribution in [3.05, 3.63) is 68.6 Å². The van der Waals surface area contributed by atoms with Crippen LogP contribution in [0.1, 0.15) is 26.3 Å². The SMILES string of the molecule is C=C(C(=O)c1ccc(OC)cc1)c1ccc(Br)c(Br)c1C(=O)Cl. The third-order valence-corrected chi connectivity index (χ3v) is 5.45. The maximum Gasteiger partial charge on any atom is 0.254 e. The van der Waals surface area contributed by atoms with E-state index < -0.39 is 5.24 Å². The van der Waals surface area contributed by atoms with Crippen LogP contribution in [-0.4, -0.2) is 18.1 Å². The zero-order chi connectivity index (χ0) is 17.1. The molecule has 23 heavy (non-hydrogen) atoms. The van der Waals surface area contributed by atoms with E-state index in [-0.39, 0.29) is 16.9 Å². The van der Waals surface area contributed by atoms with Crippen LogP contribution in [0.4, 0.5) is 0 Å². The first-order chi connectivity index (χ1) is 10.9. The molecule has 2 rings (SSSR count). The zero-order valence-electron chi connectivity index (χ0n) is 12.0. The lowest BCUT2D eigenvalue weighted by molar-refractivity contribution is 0.105. The van der Waals surface area contributed by atoms with Crippen LogP contribution in [0, 0.1) is 0 Å². The maximum absolute atomic E-state index is 12.6. The van der Waals surface area contributed by atoms with Crippen LogP contribution in [0.3, 0.4) is 0 Å². The molecule has 0 aliphatic heterocycles. The lowest BCUT2D eigenvalue weighted by Gasteiger charge is -2.12. The highest BCUT2D eigenvalue weighted by molar-refractivity contribution is 9.13. The molecule has 2 aromatic rings. The molecule has 0 atom stereocenters. The molecule has 0 saturated carbocycles. The van der Waals surface area contributed by atoms with E-state index in [4.69, 9.17) is 16.3 Å². The summed E-state index contributed by atoms with van der Waals surface area (Å²) in [6, 6.07) is 10.0. The molecule has 0 bridgehead atoms. The van der Waals surface area contributed by atoms with Gasteiger partial charge in [0.25, 0.3) is 5.24 Å². The number of hydrogen-bond donors (Lipinski definition) is 0. The molecule has 0 amide bonds. The number of ketones is 1. The minimum Gasteiger partial charge on any atom is -0.497 e. The second-order valence-electron chi connectivity index (χ2n) is 4.59. The van der Waals surface area contributed by atoms with Gasteiger partial charge in [0.15, 0.2) is 5.78 Å². The van der Waals surface area contributed by atoms with Crippen molar-refractivity contribution in [3.63, 3.8) is 0 Å². The van der Waals surface area contributed by atoms with Gasteiger partial charge < -0.3 is 4.74 Å². The number of carbonyl (C=O) groups excluding carboxylic acids is 2. The third kappa shape index (κ3) is 3.74. The number of benzene rings is 2. The van der Waals surface area contributed by atoms with Gasteiger partial charge >= 0.3 is 0 Å². The van der Waals surface area contributed by atoms with E-state index in [1.165, 1.54) is 0 Å². The number of halogens is 3. The average Bonchev–Trinajstić information content (AvgIpc) is 2.55. The van der Waals surface area contributed by atoms with E-state index in [1.807, 2.05) is 0 Å². The Morgan fingerprint density at radius 2 is 1.70 bits per heavy atom. The Hall–Kier alpha value is -1.43. The van der Waals surface area contributed by atoms with Gasteiger partial charge in [0.05, 0.1) is 12.7 Å². The standard InChI is InChI=1S/C17H11Br2ClO3/c1-9(16(21)10-3-5-11(23-2)6-4-10)12-7-8-13(18)15(19)14(12)17(20)22/h3-8H,1H2,2H3. The van der Waals surface area contributed by atoms with Gasteiger partial charge in [0.2, 0.25) is 0 Å². The molecular weight excluding hydrogens is 447 g/mol. The van der Waals surface area contributed by atoms with Crippen molar-refractivity contribution in [1.82, 2.24) is 0 Å². The van der Waals surface area contributed by atoms with Crippen LogP contribution < -0.4 is 4.74 Å². The van der Waals surface area contributed by atoms with Crippen molar-refractivity contribution in [2.75, 3.05) is 7.11 Å². The van der Waals surface area contributed by atoms with Gasteiger partial charge in [-0.25, -0.2) is 0 Å². The lowest BCUT2D eigenvalue weighted by atomic mass is 9.95. The Labute approximate surface area is 155 Å². The minimum absolute atomic E-state index is 0.187. The molecule has 0 aromatic heterocycles. The molecule has 3 nitrogen and oxygen atoms in total. The summed E-state index contributed by atoms with van der Waals surface area (Å²) in [5.74, 6) is 0.358. The van der Waals surface area contributed by atoms with Crippen molar-refractivity contribution >= 4 is 60.1 Å². The number of Topliss-reactive ketones (excluding diaryl/α,β-unsaturated/α-hetero) is 1. The molecule has 0 aliphatic rings. The smallest absolute Gasteiger partial charge is 0.254 e. The molecule has 0 saturated heterocycles. The first kappa shape index (κ1) is 17.9. The van der Waals surface area contributed by atoms with Crippen LogP contribution in [0.2, 0.25) is 0 Å². The highest BCUT2D eigenvalue weighted by Crippen LogP contribution is 2.34. The molecule has 0 aliphatic carbocycles. The molecule has 2 aromatic carbocycles. The summed E-state index contributed by atoms with van der Waals surface area (Å²) in [5.41, 5.74) is 1.23. The summed E-state index contributed by atoms with van der Waals surface area (Å²) in [4.78, 5) is 24.3. The summed E-state index contributed by atoms with van der Waals surface area (Å²) in [6.07, 6.45) is 0. The van der Waals surface area contributed by atoms with Crippen molar-refractivity contribution in [2.45, 2.75) is 0 Å². The fraction of sp³-hybridized carbons (Fsp3) is 0.0588. The molecule has 0 unspecified atom stereocenters. The number of ether oxygens (including phenoxy) is 1. The number of allylic oxidation sites excluding steroid dienone is 1. The number of rotatable bonds is 5. The normalized spacial score (nSPS) is 10.3. The highest BCUT2D eigenvalue weighted by Gasteiger charge is 2.21. The minimum atomic E-state index is -0.670. The number of hydrogen-bond acceptors (Lipinski definition) is 3. The monoisotopic (exact) mass is 456 g/mol. The van der Waals surface area contributed by atoms with Crippen molar-refractivity contribution in [1.29, 1.82) is 0 Å². The van der Waals surface area contributed by atoms with E-state index in [2.05, 4.69) is 38.4 Å². The van der Waals surface area contributed by atoms with E-state index in [0.29, 0.717) is 25.8 Å². The third-order valence-electron chi connectivity index (χ3n) is 3.24. The molecule has 0 N–H and O–H groups in total. The molecule has 118 valence electrons. The lowest BCUT2D eigenvalue weighted by Crippen LogP contribution is -2.06. The van der Waals surface area contributed by atoms with Gasteiger partial charge in [0, 0.05) is 20.1 Å². The topological polar surface area (TPSA) is 43.4 Å². The number of carbonyl (C=O) groups is 2. The van der Waals surface area contributed by atoms with Gasteiger partial charge in [-0.05, 0) is 79.4 Å². The predicted octanol–water partition coefficient (Wildman–Crippen LogP) is 5.50. The van der Waals surface area contributed by atoms with Gasteiger partial charge in [0.1, 0.15) is 5.75 Å². The average molecular weight is 459 g/mol. The second kappa shape index (κ2) is 7.43. The van der Waals surface area contributed by atoms with Gasteiger partial charge in [-0.3, -0.25) is 9.59 Å². The summed E-state index contributed by atoms with van der Waals surface area (Å²) >= 11 is 12.3. The molecule has 0 spiro atoms. The largest absolute Gasteiger partial charge is 0.497 e. The first-order valence-corrected chi connectivity index (χ1v) is 8.39. The van der Waals surface area contributed by atoms with Crippen LogP contribution >= 0.6 is 43.5 Å². The highest BCUT2D eigenvalue weighted by atomic mass is 79.9. The summed E-state index contributed by atoms with van der Waals surface area (Å²) in [7, 11) is 1.55. The van der Waals surface area contributed by atoms with Crippen molar-refractivity contribution in [3.8, 4) is 5.75 Å². The van der Waals surface area contributed by atoms with E-state index in [0.717, 1.165) is 0 Å². The fourth-order valence-electron chi connectivity index (χ4n) is 2.03. The summed E-state index contributed by atoms with van der Waals surface area (Å²) in [6.45, 7) is 3.83. The Kier molecular flexibility index (Phi) is 5.79. The van der Waals surface area contributed by atoms with Gasteiger partial charge in [-0.2, -0.15) is 0 Å². The van der Waals surface area contributed by atoms with Gasteiger partial charge in [-0.15, -0.1) is 0 Å². The molecule has 6 heteroatoms. The number of methoxy groups -OCH3 is 1. The predicted molar refractivity (Wildman–Crippen MR) is 98.4 cm³/mol. The van der Waals surface area contributed by atoms with Crippen LogP contribution in [0.15, 0.2) is 51.9 Å². The summed E-state index contributed by atoms with van der Waals surface area (Å²) in [5, 5.41) is -0.670. The van der Waals surface area contributed by atoms with Crippen molar-refractivity contribution < 1.29 is 14.3 Å². The van der Waals surface area contributed by atoms with E-state index >= 15 is 0 Å². The van der Waals surface area contributed by atoms with Crippen LogP contribution in [0.25, 0.3) is 5.57 Å². The Bertz CT molecular complexity index is 798. The Morgan fingerprint density at radius 3 is 2.22 bits per heavy atom. The van der Waals surface area contributed by atoms with Gasteiger partial charge in [-0.1, -0.05) is 12.6 Å².